The molecule has 1 aromatic heterocycles. The van der Waals surface area contributed by atoms with Gasteiger partial charge in [-0.1, -0.05) is 0 Å². The largest absolute Gasteiger partial charge is 0.465 e. The zero-order chi connectivity index (χ0) is 33.4. The summed E-state index contributed by atoms with van der Waals surface area (Å²) >= 11 is 0. The number of hydrogen-bond acceptors (Lipinski definition) is 8. The predicted octanol–water partition coefficient (Wildman–Crippen LogP) is 4.00. The predicted molar refractivity (Wildman–Crippen MR) is 163 cm³/mol. The number of nitrogens with zero attached hydrogens (tertiary/aromatic N) is 4. The normalized spacial score (nSPS) is 24.7. The summed E-state index contributed by atoms with van der Waals surface area (Å²) < 4.78 is 47.0. The number of aromatic nitrogens is 2. The molecule has 46 heavy (non-hydrogen) atoms. The van der Waals surface area contributed by atoms with Crippen LogP contribution < -0.4 is 20.7 Å². The maximum atomic E-state index is 13.8. The molecule has 5 rings (SSSR count). The number of ether oxygens (including phenoxy) is 1. The van der Waals surface area contributed by atoms with Gasteiger partial charge in [0, 0.05) is 56.4 Å². The molecule has 15 heteroatoms. The molecule has 1 saturated carbocycles. The number of halogens is 3. The summed E-state index contributed by atoms with van der Waals surface area (Å²) in [4.78, 5) is 49.0. The molecule has 0 bridgehead atoms. The highest BCUT2D eigenvalue weighted by Gasteiger charge is 2.43. The highest BCUT2D eigenvalue weighted by molar-refractivity contribution is 5.93. The number of piperidine rings is 1. The van der Waals surface area contributed by atoms with Crippen LogP contribution in [0.2, 0.25) is 0 Å². The quantitative estimate of drug-likeness (QED) is 0.349. The average Bonchev–Trinajstić information content (AvgIpc) is 3.31. The molecule has 2 aromatic rings. The highest BCUT2D eigenvalue weighted by atomic mass is 19.4. The van der Waals surface area contributed by atoms with E-state index in [9.17, 15) is 32.7 Å². The van der Waals surface area contributed by atoms with Gasteiger partial charge in [-0.05, 0) is 64.7 Å². The van der Waals surface area contributed by atoms with Crippen molar-refractivity contribution in [3.05, 3.63) is 23.8 Å². The molecule has 4 atom stereocenters. The maximum absolute atomic E-state index is 13.8. The Morgan fingerprint density at radius 1 is 1.02 bits per heavy atom. The number of likely N-dealkylation sites (tertiary alicyclic amines) is 2. The first-order valence-electron chi connectivity index (χ1n) is 15.7. The molecule has 3 aliphatic rings. The minimum atomic E-state index is -4.60. The number of amides is 3. The number of anilines is 1. The van der Waals surface area contributed by atoms with E-state index in [0.717, 1.165) is 18.6 Å². The summed E-state index contributed by atoms with van der Waals surface area (Å²) in [5.41, 5.74) is -0.776. The smallest absolute Gasteiger partial charge is 0.416 e. The van der Waals surface area contributed by atoms with E-state index >= 15 is 0 Å². The van der Waals surface area contributed by atoms with Crippen molar-refractivity contribution in [2.24, 2.45) is 0 Å². The van der Waals surface area contributed by atoms with E-state index in [-0.39, 0.29) is 77.4 Å². The Labute approximate surface area is 265 Å². The van der Waals surface area contributed by atoms with E-state index < -0.39 is 23.9 Å². The average molecular weight is 650 g/mol. The summed E-state index contributed by atoms with van der Waals surface area (Å²) in [5.74, 6) is -0.350. The van der Waals surface area contributed by atoms with Crippen molar-refractivity contribution in [3.8, 4) is 6.01 Å². The Morgan fingerprint density at radius 2 is 1.74 bits per heavy atom. The van der Waals surface area contributed by atoms with Crippen molar-refractivity contribution in [3.63, 3.8) is 0 Å². The molecule has 4 N–H and O–H groups in total. The van der Waals surface area contributed by atoms with Gasteiger partial charge in [-0.2, -0.15) is 23.1 Å². The molecule has 12 nitrogen and oxygen atoms in total. The molecule has 2 saturated heterocycles. The second kappa shape index (κ2) is 13.1. The maximum Gasteiger partial charge on any atom is 0.416 e. The number of benzene rings is 1. The number of nitrogens with one attached hydrogen (secondary N) is 3. The second-order valence-corrected chi connectivity index (χ2v) is 13.5. The van der Waals surface area contributed by atoms with Gasteiger partial charge >= 0.3 is 18.3 Å². The number of fused-ring (bicyclic) bond motifs is 1. The van der Waals surface area contributed by atoms with Crippen molar-refractivity contribution in [2.75, 3.05) is 25.0 Å². The van der Waals surface area contributed by atoms with Gasteiger partial charge in [0.25, 0.3) is 0 Å². The van der Waals surface area contributed by atoms with E-state index in [1.54, 1.807) is 4.90 Å². The lowest BCUT2D eigenvalue weighted by molar-refractivity contribution is -0.137. The van der Waals surface area contributed by atoms with Gasteiger partial charge in [-0.3, -0.25) is 9.59 Å². The second-order valence-electron chi connectivity index (χ2n) is 13.5. The Morgan fingerprint density at radius 3 is 2.37 bits per heavy atom. The monoisotopic (exact) mass is 649 g/mol. The van der Waals surface area contributed by atoms with Gasteiger partial charge in [0.1, 0.15) is 18.0 Å². The van der Waals surface area contributed by atoms with Gasteiger partial charge in [0.2, 0.25) is 11.8 Å². The number of hydrogen-bond donors (Lipinski definition) is 4. The van der Waals surface area contributed by atoms with Crippen molar-refractivity contribution < 1.29 is 37.4 Å². The highest BCUT2D eigenvalue weighted by Crippen LogP contribution is 2.35. The molecule has 1 aromatic carbocycles. The zero-order valence-corrected chi connectivity index (χ0v) is 26.5. The number of carbonyl (C=O) groups is 3. The SMILES string of the molecule is CC(=O)N[C@@H]1C[C@H](NC(C)(C)C)CC[C@@H]1N1CCC(Nc2nc(OC3CCN(C(=O)O)CC3)nc3ccc(C(F)(F)F)cc23)C1=O. The zero-order valence-electron chi connectivity index (χ0n) is 26.5. The van der Waals surface area contributed by atoms with Gasteiger partial charge in [-0.25, -0.2) is 4.79 Å². The van der Waals surface area contributed by atoms with Crippen LogP contribution in [0.3, 0.4) is 0 Å². The lowest BCUT2D eigenvalue weighted by Gasteiger charge is -2.43. The number of alkyl halides is 3. The lowest BCUT2D eigenvalue weighted by Crippen LogP contribution is -2.59. The summed E-state index contributed by atoms with van der Waals surface area (Å²) in [6, 6.07) is 2.00. The molecule has 0 spiro atoms. The van der Waals surface area contributed by atoms with Gasteiger partial charge in [-0.15, -0.1) is 0 Å². The van der Waals surface area contributed by atoms with E-state index in [1.165, 1.54) is 17.9 Å². The topological polar surface area (TPSA) is 149 Å². The van der Waals surface area contributed by atoms with Gasteiger partial charge in [0.05, 0.1) is 23.2 Å². The van der Waals surface area contributed by atoms with Crippen LogP contribution in [0.4, 0.5) is 23.8 Å². The molecular weight excluding hydrogens is 607 g/mol. The Balaban J connectivity index is 1.37. The van der Waals surface area contributed by atoms with Crippen LogP contribution in [0, 0.1) is 0 Å². The van der Waals surface area contributed by atoms with Crippen LogP contribution in [0.5, 0.6) is 6.01 Å². The number of carbonyl (C=O) groups excluding carboxylic acids is 2. The first-order valence-corrected chi connectivity index (χ1v) is 15.7. The molecule has 252 valence electrons. The van der Waals surface area contributed by atoms with E-state index in [0.29, 0.717) is 38.6 Å². The minimum absolute atomic E-state index is 0.0470. The molecule has 0 radical (unpaired) electrons. The third kappa shape index (κ3) is 7.91. The molecule has 3 amide bonds. The fourth-order valence-electron chi connectivity index (χ4n) is 6.78. The first-order chi connectivity index (χ1) is 21.6. The molecule has 1 unspecified atom stereocenters. The van der Waals surface area contributed by atoms with E-state index in [1.807, 2.05) is 0 Å². The third-order valence-corrected chi connectivity index (χ3v) is 8.78. The van der Waals surface area contributed by atoms with Crippen molar-refractivity contribution in [1.29, 1.82) is 0 Å². The first kappa shape index (κ1) is 33.5. The van der Waals surface area contributed by atoms with Crippen LogP contribution in [0.25, 0.3) is 10.9 Å². The molecule has 2 aliphatic heterocycles. The summed E-state index contributed by atoms with van der Waals surface area (Å²) in [6.07, 6.45) is -2.63. The van der Waals surface area contributed by atoms with Crippen LogP contribution in [0.15, 0.2) is 18.2 Å². The number of rotatable bonds is 7. The molecule has 3 heterocycles. The van der Waals surface area contributed by atoms with Crippen LogP contribution >= 0.6 is 0 Å². The van der Waals surface area contributed by atoms with Crippen LogP contribution in [0.1, 0.15) is 71.8 Å². The Bertz CT molecular complexity index is 1460. The summed E-state index contributed by atoms with van der Waals surface area (Å²) in [6.45, 7) is 8.66. The van der Waals surface area contributed by atoms with Crippen molar-refractivity contribution in [1.82, 2.24) is 30.4 Å². The third-order valence-electron chi connectivity index (χ3n) is 8.78. The van der Waals surface area contributed by atoms with E-state index in [4.69, 9.17) is 4.74 Å². The fourth-order valence-corrected chi connectivity index (χ4v) is 6.78. The summed E-state index contributed by atoms with van der Waals surface area (Å²) in [5, 5.41) is 19.1. The molecule has 1 aliphatic carbocycles. The van der Waals surface area contributed by atoms with Crippen molar-refractivity contribution >= 4 is 34.6 Å². The van der Waals surface area contributed by atoms with Crippen LogP contribution in [-0.4, -0.2) is 98.2 Å². The van der Waals surface area contributed by atoms with E-state index in [2.05, 4.69) is 46.7 Å². The summed E-state index contributed by atoms with van der Waals surface area (Å²) in [7, 11) is 0. The Hall–Kier alpha value is -3.88. The lowest BCUT2D eigenvalue weighted by atomic mass is 9.84. The fraction of sp³-hybridized carbons (Fsp3) is 0.645. The standard InChI is InChI=1S/C31H42F3N7O5/c1-17(42)35-24-16-19(39-30(2,3)4)6-8-25(24)41-14-11-23(27(41)43)36-26-21-15-18(31(32,33)34)5-7-22(21)37-28(38-26)46-20-9-12-40(13-10-20)29(44)45/h5,7,15,19-20,23-25,39H,6,8-14,16H2,1-4H3,(H,35,42)(H,44,45)(H,36,37,38)/t19-,23?,24-,25+/m1/s1. The minimum Gasteiger partial charge on any atom is -0.465 e. The van der Waals surface area contributed by atoms with Crippen LogP contribution in [-0.2, 0) is 15.8 Å². The molecular formula is C31H42F3N7O5. The van der Waals surface area contributed by atoms with Crippen molar-refractivity contribution in [2.45, 2.75) is 108 Å². The molecule has 3 fully saturated rings. The van der Waals surface area contributed by atoms with Gasteiger partial charge in [0.15, 0.2) is 0 Å². The Kier molecular flexibility index (Phi) is 9.52. The van der Waals surface area contributed by atoms with Gasteiger partial charge < -0.3 is 35.6 Å². The number of carboxylic acid groups (broad SMARTS) is 1.